The molecule has 0 heterocycles. The van der Waals surface area contributed by atoms with E-state index in [1.54, 1.807) is 14.2 Å². The van der Waals surface area contributed by atoms with Crippen LogP contribution in [0.3, 0.4) is 0 Å². The Morgan fingerprint density at radius 1 is 1.21 bits per heavy atom. The maximum Gasteiger partial charge on any atom is 0.119 e. The van der Waals surface area contributed by atoms with E-state index in [0.717, 1.165) is 25.3 Å². The summed E-state index contributed by atoms with van der Waals surface area (Å²) in [4.78, 5) is 0. The molecule has 106 valence electrons. The molecule has 0 spiro atoms. The molecule has 1 fully saturated rings. The predicted octanol–water partition coefficient (Wildman–Crippen LogP) is 2.96. The second-order valence-electron chi connectivity index (χ2n) is 5.30. The first kappa shape index (κ1) is 14.4. The molecule has 0 saturated heterocycles. The lowest BCUT2D eigenvalue weighted by atomic mass is 9.76. The van der Waals surface area contributed by atoms with Crippen molar-refractivity contribution in [2.75, 3.05) is 27.4 Å². The van der Waals surface area contributed by atoms with Gasteiger partial charge >= 0.3 is 0 Å². The first-order valence-electron chi connectivity index (χ1n) is 7.19. The maximum atomic E-state index is 5.28. The number of rotatable bonds is 8. The Kier molecular flexibility index (Phi) is 5.67. The van der Waals surface area contributed by atoms with Crippen LogP contribution in [0.25, 0.3) is 0 Å². The largest absolute Gasteiger partial charge is 0.497 e. The quantitative estimate of drug-likeness (QED) is 0.731. The molecule has 0 radical (unpaired) electrons. The van der Waals surface area contributed by atoms with Gasteiger partial charge in [0, 0.05) is 19.8 Å². The number of unbranched alkanes of at least 4 members (excludes halogenated alkanes) is 1. The van der Waals surface area contributed by atoms with E-state index in [0.29, 0.717) is 12.0 Å². The summed E-state index contributed by atoms with van der Waals surface area (Å²) >= 11 is 0. The van der Waals surface area contributed by atoms with Crippen LogP contribution in [0.1, 0.15) is 37.2 Å². The number of methoxy groups -OCH3 is 2. The molecule has 0 bridgehead atoms. The minimum atomic E-state index is 0.693. The summed E-state index contributed by atoms with van der Waals surface area (Å²) in [5.74, 6) is 1.67. The van der Waals surface area contributed by atoms with Crippen molar-refractivity contribution < 1.29 is 9.47 Å². The fourth-order valence-electron chi connectivity index (χ4n) is 2.63. The number of nitrogens with one attached hydrogen (secondary N) is 1. The van der Waals surface area contributed by atoms with Crippen LogP contribution in [0.5, 0.6) is 5.75 Å². The molecular weight excluding hydrogens is 238 g/mol. The summed E-state index contributed by atoms with van der Waals surface area (Å²) in [5.41, 5.74) is 1.41. The van der Waals surface area contributed by atoms with Crippen LogP contribution in [0.2, 0.25) is 0 Å². The monoisotopic (exact) mass is 263 g/mol. The van der Waals surface area contributed by atoms with E-state index in [4.69, 9.17) is 9.47 Å². The van der Waals surface area contributed by atoms with Crippen LogP contribution in [-0.4, -0.2) is 33.4 Å². The van der Waals surface area contributed by atoms with Crippen LogP contribution >= 0.6 is 0 Å². The van der Waals surface area contributed by atoms with Crippen LogP contribution < -0.4 is 10.1 Å². The number of hydrogen-bond donors (Lipinski definition) is 1. The second kappa shape index (κ2) is 7.51. The van der Waals surface area contributed by atoms with Crippen molar-refractivity contribution in [1.29, 1.82) is 0 Å². The average Bonchev–Trinajstić information content (AvgIpc) is 2.40. The molecule has 2 rings (SSSR count). The molecule has 3 heteroatoms. The molecule has 0 atom stereocenters. The van der Waals surface area contributed by atoms with Crippen LogP contribution in [-0.2, 0) is 4.74 Å². The van der Waals surface area contributed by atoms with Gasteiger partial charge in [-0.25, -0.2) is 0 Å². The Labute approximate surface area is 116 Å². The van der Waals surface area contributed by atoms with Crippen LogP contribution in [0.15, 0.2) is 24.3 Å². The summed E-state index contributed by atoms with van der Waals surface area (Å²) in [6.07, 6.45) is 4.85. The summed E-state index contributed by atoms with van der Waals surface area (Å²) < 4.78 is 10.3. The highest BCUT2D eigenvalue weighted by Gasteiger charge is 2.29. The standard InChI is InChI=1S/C16H25NO2/c1-18-9-4-3-8-17-15-10-14(11-15)13-6-5-7-16(12-13)19-2/h5-7,12,14-15,17H,3-4,8-11H2,1-2H3. The van der Waals surface area contributed by atoms with Crippen molar-refractivity contribution >= 4 is 0 Å². The molecule has 1 N–H and O–H groups in total. The van der Waals surface area contributed by atoms with Crippen molar-refractivity contribution in [2.45, 2.75) is 37.6 Å². The lowest BCUT2D eigenvalue weighted by Gasteiger charge is -2.36. The lowest BCUT2D eigenvalue weighted by molar-refractivity contribution is 0.191. The van der Waals surface area contributed by atoms with E-state index in [-0.39, 0.29) is 0 Å². The maximum absolute atomic E-state index is 5.28. The average molecular weight is 263 g/mol. The molecule has 0 aromatic heterocycles. The normalized spacial score (nSPS) is 22.0. The van der Waals surface area contributed by atoms with Crippen LogP contribution in [0, 0.1) is 0 Å². The summed E-state index contributed by atoms with van der Waals surface area (Å²) in [6, 6.07) is 9.16. The zero-order valence-corrected chi connectivity index (χ0v) is 12.0. The van der Waals surface area contributed by atoms with Crippen LogP contribution in [0.4, 0.5) is 0 Å². The highest BCUT2D eigenvalue weighted by molar-refractivity contribution is 5.32. The lowest BCUT2D eigenvalue weighted by Crippen LogP contribution is -2.40. The van der Waals surface area contributed by atoms with E-state index in [1.165, 1.54) is 24.8 Å². The van der Waals surface area contributed by atoms with Crippen molar-refractivity contribution in [3.63, 3.8) is 0 Å². The zero-order chi connectivity index (χ0) is 13.5. The molecule has 0 amide bonds. The highest BCUT2D eigenvalue weighted by atomic mass is 16.5. The Morgan fingerprint density at radius 2 is 2.05 bits per heavy atom. The molecule has 1 saturated carbocycles. The Hall–Kier alpha value is -1.06. The van der Waals surface area contributed by atoms with Gasteiger partial charge in [-0.1, -0.05) is 12.1 Å². The molecule has 0 aliphatic heterocycles. The molecule has 1 aromatic carbocycles. The molecule has 1 aliphatic carbocycles. The fourth-order valence-corrected chi connectivity index (χ4v) is 2.63. The third kappa shape index (κ3) is 4.22. The van der Waals surface area contributed by atoms with Crippen molar-refractivity contribution in [2.24, 2.45) is 0 Å². The Bertz CT molecular complexity index is 375. The minimum absolute atomic E-state index is 0.693. The van der Waals surface area contributed by atoms with Gasteiger partial charge in [0.05, 0.1) is 7.11 Å². The first-order valence-corrected chi connectivity index (χ1v) is 7.19. The van der Waals surface area contributed by atoms with Gasteiger partial charge in [-0.2, -0.15) is 0 Å². The van der Waals surface area contributed by atoms with Gasteiger partial charge < -0.3 is 14.8 Å². The van der Waals surface area contributed by atoms with E-state index in [2.05, 4.69) is 23.5 Å². The molecular formula is C16H25NO2. The Morgan fingerprint density at radius 3 is 2.79 bits per heavy atom. The zero-order valence-electron chi connectivity index (χ0n) is 12.0. The molecule has 3 nitrogen and oxygen atoms in total. The first-order chi connectivity index (χ1) is 9.33. The number of benzene rings is 1. The molecule has 19 heavy (non-hydrogen) atoms. The topological polar surface area (TPSA) is 30.5 Å². The van der Waals surface area contributed by atoms with Gasteiger partial charge in [0.15, 0.2) is 0 Å². The van der Waals surface area contributed by atoms with E-state index < -0.39 is 0 Å². The van der Waals surface area contributed by atoms with Gasteiger partial charge in [0.1, 0.15) is 5.75 Å². The van der Waals surface area contributed by atoms with E-state index in [9.17, 15) is 0 Å². The van der Waals surface area contributed by atoms with Crippen molar-refractivity contribution in [3.8, 4) is 5.75 Å². The minimum Gasteiger partial charge on any atom is -0.497 e. The third-order valence-electron chi connectivity index (χ3n) is 3.91. The van der Waals surface area contributed by atoms with Gasteiger partial charge in [0.25, 0.3) is 0 Å². The van der Waals surface area contributed by atoms with E-state index >= 15 is 0 Å². The predicted molar refractivity (Wildman–Crippen MR) is 77.9 cm³/mol. The summed E-state index contributed by atoms with van der Waals surface area (Å²) in [7, 11) is 3.49. The molecule has 0 unspecified atom stereocenters. The summed E-state index contributed by atoms with van der Waals surface area (Å²) in [5, 5.41) is 3.62. The third-order valence-corrected chi connectivity index (χ3v) is 3.91. The smallest absolute Gasteiger partial charge is 0.119 e. The highest BCUT2D eigenvalue weighted by Crippen LogP contribution is 2.37. The molecule has 1 aliphatic rings. The fraction of sp³-hybridized carbons (Fsp3) is 0.625. The van der Waals surface area contributed by atoms with Gasteiger partial charge in [-0.15, -0.1) is 0 Å². The van der Waals surface area contributed by atoms with Crippen molar-refractivity contribution in [3.05, 3.63) is 29.8 Å². The SMILES string of the molecule is COCCCCNC1CC(c2cccc(OC)c2)C1. The number of hydrogen-bond acceptors (Lipinski definition) is 3. The van der Waals surface area contributed by atoms with Crippen molar-refractivity contribution in [1.82, 2.24) is 5.32 Å². The number of ether oxygens (including phenoxy) is 2. The van der Waals surface area contributed by atoms with E-state index in [1.807, 2.05) is 6.07 Å². The van der Waals surface area contributed by atoms with Gasteiger partial charge in [-0.3, -0.25) is 0 Å². The molecule has 1 aromatic rings. The second-order valence-corrected chi connectivity index (χ2v) is 5.30. The summed E-state index contributed by atoms with van der Waals surface area (Å²) in [6.45, 7) is 1.98. The van der Waals surface area contributed by atoms with Gasteiger partial charge in [0.2, 0.25) is 0 Å². The Balaban J connectivity index is 1.65. The van der Waals surface area contributed by atoms with Gasteiger partial charge in [-0.05, 0) is 55.8 Å².